The van der Waals surface area contributed by atoms with Gasteiger partial charge in [-0.2, -0.15) is 0 Å². The van der Waals surface area contributed by atoms with Gasteiger partial charge in [-0.3, -0.25) is 0 Å². The van der Waals surface area contributed by atoms with Gasteiger partial charge >= 0.3 is 0 Å². The molecule has 0 aliphatic rings. The van der Waals surface area contributed by atoms with Crippen LogP contribution in [0.2, 0.25) is 6.82 Å². The van der Waals surface area contributed by atoms with Gasteiger partial charge < -0.3 is 4.79 Å². The van der Waals surface area contributed by atoms with Crippen LogP contribution in [-0.2, 0) is 4.79 Å². The minimum absolute atomic E-state index is 0.281. The van der Waals surface area contributed by atoms with E-state index < -0.39 is 0 Å². The lowest BCUT2D eigenvalue weighted by molar-refractivity contribution is -0.112. The highest BCUT2D eigenvalue weighted by Crippen LogP contribution is 1.98. The Kier molecular flexibility index (Phi) is 5.69. The van der Waals surface area contributed by atoms with Crippen molar-refractivity contribution < 1.29 is 4.79 Å². The van der Waals surface area contributed by atoms with E-state index >= 15 is 0 Å². The molecule has 1 nitrogen and oxygen atoms in total. The van der Waals surface area contributed by atoms with E-state index in [1.165, 1.54) is 12.8 Å². The zero-order chi connectivity index (χ0) is 7.11. The van der Waals surface area contributed by atoms with Crippen molar-refractivity contribution in [1.82, 2.24) is 0 Å². The minimum atomic E-state index is 0.281. The van der Waals surface area contributed by atoms with Gasteiger partial charge in [-0.15, -0.1) is 0 Å². The van der Waals surface area contributed by atoms with Crippen LogP contribution in [0.4, 0.5) is 0 Å². The van der Waals surface area contributed by atoms with Gasteiger partial charge in [0.15, 0.2) is 7.28 Å². The van der Waals surface area contributed by atoms with Gasteiger partial charge in [-0.25, -0.2) is 0 Å². The maximum absolute atomic E-state index is 10.6. The predicted molar refractivity (Wildman–Crippen MR) is 40.8 cm³/mol. The summed E-state index contributed by atoms with van der Waals surface area (Å²) < 4.78 is 0. The molecule has 0 unspecified atom stereocenters. The molecule has 0 N–H and O–H groups in total. The molecule has 0 heterocycles. The zero-order valence-electron chi connectivity index (χ0n) is 6.31. The highest BCUT2D eigenvalue weighted by Gasteiger charge is 1.96. The number of carbonyl (C=O) groups excluding carboxylic acids is 1. The first kappa shape index (κ1) is 8.73. The van der Waals surface area contributed by atoms with Crippen molar-refractivity contribution in [3.63, 3.8) is 0 Å². The van der Waals surface area contributed by atoms with E-state index in [2.05, 4.69) is 6.92 Å². The predicted octanol–water partition coefficient (Wildman–Crippen LogP) is 1.85. The zero-order valence-corrected chi connectivity index (χ0v) is 6.31. The number of hydrogen-bond donors (Lipinski definition) is 0. The molecule has 0 aliphatic heterocycles. The average Bonchev–Trinajstić information content (AvgIpc) is 1.89. The molecule has 9 heavy (non-hydrogen) atoms. The van der Waals surface area contributed by atoms with Crippen LogP contribution in [-0.4, -0.2) is 13.0 Å². The van der Waals surface area contributed by atoms with Crippen molar-refractivity contribution >= 4 is 13.0 Å². The summed E-state index contributed by atoms with van der Waals surface area (Å²) in [6, 6.07) is 0. The molecule has 0 saturated heterocycles. The van der Waals surface area contributed by atoms with E-state index in [-0.39, 0.29) is 5.68 Å². The van der Waals surface area contributed by atoms with Gasteiger partial charge in [0.25, 0.3) is 0 Å². The highest BCUT2D eigenvalue weighted by atomic mass is 16.1. The second-order valence-electron chi connectivity index (χ2n) is 2.21. The highest BCUT2D eigenvalue weighted by molar-refractivity contribution is 6.72. The first-order chi connectivity index (χ1) is 4.31. The second-order valence-corrected chi connectivity index (χ2v) is 2.21. The summed E-state index contributed by atoms with van der Waals surface area (Å²) in [5.41, 5.74) is 0.281. The Morgan fingerprint density at radius 3 is 2.56 bits per heavy atom. The molecule has 0 spiro atoms. The molecular weight excluding hydrogens is 111 g/mol. The molecule has 0 aromatic rings. The van der Waals surface area contributed by atoms with E-state index in [0.717, 1.165) is 12.8 Å². The Morgan fingerprint density at radius 2 is 2.11 bits per heavy atom. The van der Waals surface area contributed by atoms with Gasteiger partial charge in [0.1, 0.15) is 0 Å². The number of unbranched alkanes of at least 4 members (excludes halogenated alkanes) is 2. The first-order valence-corrected chi connectivity index (χ1v) is 3.63. The topological polar surface area (TPSA) is 17.1 Å². The quantitative estimate of drug-likeness (QED) is 0.404. The molecule has 0 aromatic carbocycles. The van der Waals surface area contributed by atoms with Gasteiger partial charge in [0.05, 0.1) is 5.68 Å². The Bertz CT molecular complexity index is 81.0. The van der Waals surface area contributed by atoms with Crippen molar-refractivity contribution in [2.45, 2.75) is 39.4 Å². The summed E-state index contributed by atoms with van der Waals surface area (Å²) in [7, 11) is 1.65. The fourth-order valence-electron chi connectivity index (χ4n) is 0.694. The van der Waals surface area contributed by atoms with E-state index in [1.54, 1.807) is 14.1 Å². The molecule has 0 fully saturated rings. The molecule has 0 rings (SSSR count). The fraction of sp³-hybridized carbons (Fsp3) is 0.857. The third-order valence-corrected chi connectivity index (χ3v) is 1.35. The summed E-state index contributed by atoms with van der Waals surface area (Å²) in [5.74, 6) is 0. The van der Waals surface area contributed by atoms with Gasteiger partial charge in [0.2, 0.25) is 0 Å². The summed E-state index contributed by atoms with van der Waals surface area (Å²) >= 11 is 0. The molecule has 2 heteroatoms. The third kappa shape index (κ3) is 5.61. The molecule has 0 aromatic heterocycles. The monoisotopic (exact) mass is 125 g/mol. The summed E-state index contributed by atoms with van der Waals surface area (Å²) in [5, 5.41) is 0. The van der Waals surface area contributed by atoms with Crippen molar-refractivity contribution in [3.05, 3.63) is 0 Å². The number of rotatable bonds is 5. The van der Waals surface area contributed by atoms with Crippen LogP contribution in [0.3, 0.4) is 0 Å². The first-order valence-electron chi connectivity index (χ1n) is 3.63. The van der Waals surface area contributed by atoms with E-state index in [9.17, 15) is 4.79 Å². The lowest BCUT2D eigenvalue weighted by atomic mass is 9.74. The molecule has 51 valence electrons. The van der Waals surface area contributed by atoms with Crippen LogP contribution in [0.25, 0.3) is 0 Å². The Labute approximate surface area is 58.1 Å². The molecular formula is C7H14BO. The van der Waals surface area contributed by atoms with E-state index in [1.807, 2.05) is 0 Å². The van der Waals surface area contributed by atoms with Crippen LogP contribution in [0.1, 0.15) is 32.6 Å². The van der Waals surface area contributed by atoms with Gasteiger partial charge in [-0.05, 0) is 12.8 Å². The molecule has 0 saturated carbocycles. The van der Waals surface area contributed by atoms with Gasteiger partial charge in [-0.1, -0.05) is 26.6 Å². The minimum Gasteiger partial charge on any atom is -0.312 e. The number of hydrogen-bond acceptors (Lipinski definition) is 1. The van der Waals surface area contributed by atoms with Crippen LogP contribution in [0, 0.1) is 0 Å². The Hall–Kier alpha value is -0.265. The Balaban J connectivity index is 2.97. The second kappa shape index (κ2) is 5.86. The summed E-state index contributed by atoms with van der Waals surface area (Å²) in [6.45, 7) is 3.94. The van der Waals surface area contributed by atoms with Crippen LogP contribution in [0.15, 0.2) is 0 Å². The smallest absolute Gasteiger partial charge is 0.198 e. The van der Waals surface area contributed by atoms with Crippen LogP contribution < -0.4 is 0 Å². The van der Waals surface area contributed by atoms with E-state index in [4.69, 9.17) is 0 Å². The molecule has 0 amide bonds. The Morgan fingerprint density at radius 1 is 1.44 bits per heavy atom. The average molecular weight is 125 g/mol. The lowest BCUT2D eigenvalue weighted by Gasteiger charge is -1.93. The summed E-state index contributed by atoms with van der Waals surface area (Å²) in [6.07, 6.45) is 4.17. The maximum Gasteiger partial charge on any atom is 0.198 e. The van der Waals surface area contributed by atoms with Crippen molar-refractivity contribution in [3.8, 4) is 0 Å². The van der Waals surface area contributed by atoms with Crippen molar-refractivity contribution in [2.24, 2.45) is 0 Å². The van der Waals surface area contributed by atoms with Gasteiger partial charge in [0, 0.05) is 0 Å². The van der Waals surface area contributed by atoms with Crippen molar-refractivity contribution in [1.29, 1.82) is 0 Å². The summed E-state index contributed by atoms with van der Waals surface area (Å²) in [4.78, 5) is 10.6. The molecule has 1 radical (unpaired) electrons. The van der Waals surface area contributed by atoms with Crippen molar-refractivity contribution in [2.75, 3.05) is 0 Å². The lowest BCUT2D eigenvalue weighted by Crippen LogP contribution is -2.03. The SMILES string of the molecule is C[B]C(=O)CCCCC. The molecule has 0 aliphatic carbocycles. The largest absolute Gasteiger partial charge is 0.312 e. The standard InChI is InChI=1S/C7H14BO/c1-3-4-5-6-7(9)8-2/h3-6H2,1-2H3. The maximum atomic E-state index is 10.6. The van der Waals surface area contributed by atoms with E-state index in [0.29, 0.717) is 0 Å². The normalized spacial score (nSPS) is 9.11. The van der Waals surface area contributed by atoms with Crippen LogP contribution >= 0.6 is 0 Å². The molecule has 0 bridgehead atoms. The third-order valence-electron chi connectivity index (χ3n) is 1.35. The fourth-order valence-corrected chi connectivity index (χ4v) is 0.694. The number of carbonyl (C=O) groups is 1. The van der Waals surface area contributed by atoms with Crippen LogP contribution in [0.5, 0.6) is 0 Å². The molecule has 0 atom stereocenters.